The zero-order valence-corrected chi connectivity index (χ0v) is 35.5. The van der Waals surface area contributed by atoms with E-state index in [1.165, 1.54) is 60.6 Å². The highest BCUT2D eigenvalue weighted by Crippen LogP contribution is 2.40. The fourth-order valence-electron chi connectivity index (χ4n) is 8.57. The molecule has 2 heteroatoms. The van der Waals surface area contributed by atoms with Gasteiger partial charge in [0.15, 0.2) is 0 Å². The van der Waals surface area contributed by atoms with Gasteiger partial charge >= 0.3 is 0 Å². The Morgan fingerprint density at radius 3 is 1.03 bits per heavy atom. The van der Waals surface area contributed by atoms with Crippen LogP contribution in [0.25, 0.3) is 54.9 Å². The molecule has 0 spiro atoms. The third kappa shape index (κ3) is 8.54. The van der Waals surface area contributed by atoms with E-state index in [2.05, 4.69) is 289 Å². The molecule has 2 nitrogen and oxygen atoms in total. The molecule has 64 heavy (non-hydrogen) atoms. The van der Waals surface area contributed by atoms with Gasteiger partial charge in [-0.05, 0) is 116 Å². The smallest absolute Gasteiger partial charge is 0.0540 e. The lowest BCUT2D eigenvalue weighted by Gasteiger charge is -2.27. The summed E-state index contributed by atoms with van der Waals surface area (Å²) in [5, 5.41) is 5.02. The molecule has 0 bridgehead atoms. The minimum atomic E-state index is 1.13. The summed E-state index contributed by atoms with van der Waals surface area (Å²) in [5.74, 6) is 0. The minimum absolute atomic E-state index is 1.13. The second-order valence-electron chi connectivity index (χ2n) is 15.7. The average molecular weight is 819 g/mol. The Labute approximate surface area is 376 Å². The van der Waals surface area contributed by atoms with Crippen molar-refractivity contribution in [3.05, 3.63) is 279 Å². The van der Waals surface area contributed by atoms with Gasteiger partial charge in [0, 0.05) is 33.8 Å². The maximum atomic E-state index is 2.33. The lowest BCUT2D eigenvalue weighted by Crippen LogP contribution is -2.10. The van der Waals surface area contributed by atoms with Crippen molar-refractivity contribution in [2.24, 2.45) is 0 Å². The van der Waals surface area contributed by atoms with Crippen molar-refractivity contribution < 1.29 is 0 Å². The van der Waals surface area contributed by atoms with E-state index in [-0.39, 0.29) is 0 Å². The van der Waals surface area contributed by atoms with E-state index >= 15 is 0 Å². The summed E-state index contributed by atoms with van der Waals surface area (Å²) < 4.78 is 0. The summed E-state index contributed by atoms with van der Waals surface area (Å²) in [6.45, 7) is 0. The zero-order chi connectivity index (χ0) is 42.9. The van der Waals surface area contributed by atoms with Gasteiger partial charge in [0.1, 0.15) is 0 Å². The van der Waals surface area contributed by atoms with Gasteiger partial charge in [0.2, 0.25) is 0 Å². The normalized spacial score (nSPS) is 10.8. The van der Waals surface area contributed by atoms with E-state index in [0.717, 1.165) is 28.4 Å². The largest absolute Gasteiger partial charge is 0.311 e. The minimum Gasteiger partial charge on any atom is -0.311 e. The molecule has 0 saturated heterocycles. The molecule has 11 aromatic rings. The van der Waals surface area contributed by atoms with Crippen LogP contribution in [0.3, 0.4) is 0 Å². The van der Waals surface area contributed by atoms with Crippen molar-refractivity contribution in [2.45, 2.75) is 0 Å². The van der Waals surface area contributed by atoms with Crippen LogP contribution < -0.4 is 9.80 Å². The lowest BCUT2D eigenvalue weighted by molar-refractivity contribution is 1.28. The predicted octanol–water partition coefficient (Wildman–Crippen LogP) is 17.6. The molecule has 0 aliphatic rings. The van der Waals surface area contributed by atoms with Gasteiger partial charge < -0.3 is 9.80 Å². The maximum absolute atomic E-state index is 2.33. The summed E-state index contributed by atoms with van der Waals surface area (Å²) in [4.78, 5) is 4.64. The van der Waals surface area contributed by atoms with Crippen LogP contribution in [0.5, 0.6) is 0 Å². The Kier molecular flexibility index (Phi) is 11.6. The molecule has 0 aliphatic heterocycles. The number of benzene rings is 11. The Morgan fingerprint density at radius 2 is 0.516 bits per heavy atom. The number of fused-ring (bicyclic) bond motifs is 2. The molecule has 11 rings (SSSR count). The summed E-state index contributed by atoms with van der Waals surface area (Å²) in [7, 11) is 0. The van der Waals surface area contributed by atoms with Gasteiger partial charge in [0.25, 0.3) is 0 Å². The van der Waals surface area contributed by atoms with Gasteiger partial charge in [-0.25, -0.2) is 0 Å². The van der Waals surface area contributed by atoms with Crippen molar-refractivity contribution >= 4 is 55.7 Å². The fourth-order valence-corrected chi connectivity index (χ4v) is 8.57. The SMILES string of the molecule is c1ccc(-c2ccc(N(c3ccccc3)c3ccc(-c4cccc5ccccc45)cc3)cc2)cc1.c1ccc(-c2ccc(N(c3ccccc3)c3cccc4ccccc34)cc2)cc1. The van der Waals surface area contributed by atoms with E-state index in [1.54, 1.807) is 0 Å². The van der Waals surface area contributed by atoms with Crippen molar-refractivity contribution in [3.8, 4) is 33.4 Å². The molecule has 0 aliphatic carbocycles. The summed E-state index contributed by atoms with van der Waals surface area (Å²) in [6, 6.07) is 98.8. The zero-order valence-electron chi connectivity index (χ0n) is 35.5. The van der Waals surface area contributed by atoms with E-state index in [4.69, 9.17) is 0 Å². The summed E-state index contributed by atoms with van der Waals surface area (Å²) >= 11 is 0. The maximum Gasteiger partial charge on any atom is 0.0540 e. The predicted molar refractivity (Wildman–Crippen MR) is 274 cm³/mol. The quantitative estimate of drug-likeness (QED) is 0.143. The van der Waals surface area contributed by atoms with Crippen molar-refractivity contribution in [2.75, 3.05) is 9.80 Å². The molecule has 0 saturated carbocycles. The Hall–Kier alpha value is -8.46. The fraction of sp³-hybridized carbons (Fsp3) is 0. The van der Waals surface area contributed by atoms with Crippen molar-refractivity contribution in [1.29, 1.82) is 0 Å². The van der Waals surface area contributed by atoms with Crippen LogP contribution in [0.4, 0.5) is 34.1 Å². The van der Waals surface area contributed by atoms with Gasteiger partial charge in [0.05, 0.1) is 5.69 Å². The highest BCUT2D eigenvalue weighted by atomic mass is 15.1. The van der Waals surface area contributed by atoms with Crippen LogP contribution in [0.15, 0.2) is 279 Å². The van der Waals surface area contributed by atoms with E-state index in [0.29, 0.717) is 0 Å². The van der Waals surface area contributed by atoms with E-state index in [1.807, 2.05) is 0 Å². The van der Waals surface area contributed by atoms with Gasteiger partial charge in [-0.2, -0.15) is 0 Å². The molecule has 0 heterocycles. The second-order valence-corrected chi connectivity index (χ2v) is 15.7. The Morgan fingerprint density at radius 1 is 0.188 bits per heavy atom. The number of anilines is 6. The van der Waals surface area contributed by atoms with Crippen LogP contribution >= 0.6 is 0 Å². The number of hydrogen-bond acceptors (Lipinski definition) is 2. The third-order valence-electron chi connectivity index (χ3n) is 11.7. The van der Waals surface area contributed by atoms with Crippen LogP contribution in [-0.4, -0.2) is 0 Å². The topological polar surface area (TPSA) is 6.48 Å². The number of hydrogen-bond donors (Lipinski definition) is 0. The van der Waals surface area contributed by atoms with Gasteiger partial charge in [-0.3, -0.25) is 0 Å². The van der Waals surface area contributed by atoms with Crippen LogP contribution in [0.2, 0.25) is 0 Å². The third-order valence-corrected chi connectivity index (χ3v) is 11.7. The van der Waals surface area contributed by atoms with Gasteiger partial charge in [-0.15, -0.1) is 0 Å². The number of rotatable bonds is 9. The standard InChI is InChI=1S/C34H25N.C28H21N/c1-3-10-26(11-4-1)27-18-22-31(23-19-27)35(30-14-5-2-6-15-30)32-24-20-29(21-25-32)34-17-9-13-28-12-7-8-16-33(28)34;1-3-10-22(11-4-1)23-18-20-26(21-19-23)29(25-14-5-2-6-15-25)28-17-9-13-24-12-7-8-16-27(24)28/h1-25H;1-21H. The molecular formula is C62H46N2. The van der Waals surface area contributed by atoms with Crippen molar-refractivity contribution in [3.63, 3.8) is 0 Å². The Bertz CT molecular complexity index is 3210. The van der Waals surface area contributed by atoms with Crippen LogP contribution in [0, 0.1) is 0 Å². The first-order valence-corrected chi connectivity index (χ1v) is 21.8. The molecule has 0 unspecified atom stereocenters. The molecule has 11 aromatic carbocycles. The Balaban J connectivity index is 0.000000154. The average Bonchev–Trinajstić information content (AvgIpc) is 3.38. The first-order chi connectivity index (χ1) is 31.8. The first kappa shape index (κ1) is 39.7. The summed E-state index contributed by atoms with van der Waals surface area (Å²) in [5.41, 5.74) is 14.3. The van der Waals surface area contributed by atoms with Crippen LogP contribution in [0.1, 0.15) is 0 Å². The monoisotopic (exact) mass is 818 g/mol. The molecule has 0 radical (unpaired) electrons. The molecular weight excluding hydrogens is 773 g/mol. The highest BCUT2D eigenvalue weighted by Gasteiger charge is 2.16. The van der Waals surface area contributed by atoms with E-state index in [9.17, 15) is 0 Å². The first-order valence-electron chi connectivity index (χ1n) is 21.8. The molecule has 0 aromatic heterocycles. The molecule has 0 fully saturated rings. The van der Waals surface area contributed by atoms with E-state index < -0.39 is 0 Å². The number of nitrogens with zero attached hydrogens (tertiary/aromatic N) is 2. The molecule has 0 N–H and O–H groups in total. The van der Waals surface area contributed by atoms with Crippen molar-refractivity contribution in [1.82, 2.24) is 0 Å². The lowest BCUT2D eigenvalue weighted by atomic mass is 9.98. The highest BCUT2D eigenvalue weighted by molar-refractivity contribution is 5.99. The second kappa shape index (κ2) is 18.7. The molecule has 0 amide bonds. The number of para-hydroxylation sites is 2. The van der Waals surface area contributed by atoms with Gasteiger partial charge in [-0.1, -0.05) is 212 Å². The molecule has 0 atom stereocenters. The summed E-state index contributed by atoms with van der Waals surface area (Å²) in [6.07, 6.45) is 0. The molecule has 304 valence electrons. The van der Waals surface area contributed by atoms with Crippen LogP contribution in [-0.2, 0) is 0 Å².